The largest absolute Gasteiger partial charge is 0.397 e. The average Bonchev–Trinajstić information content (AvgIpc) is 1.93. The van der Waals surface area contributed by atoms with Gasteiger partial charge in [-0.05, 0) is 24.4 Å². The fourth-order valence-corrected chi connectivity index (χ4v) is 0.854. The quantitative estimate of drug-likeness (QED) is 0.476. The van der Waals surface area contributed by atoms with Crippen LogP contribution in [0.5, 0.6) is 0 Å². The van der Waals surface area contributed by atoms with Crippen molar-refractivity contribution in [1.82, 2.24) is 0 Å². The van der Waals surface area contributed by atoms with Crippen LogP contribution in [-0.2, 0) is 0 Å². The molecular formula is C7H10ClN3S. The Bertz CT molecular complexity index is 277. The van der Waals surface area contributed by atoms with E-state index in [0.717, 1.165) is 5.69 Å². The van der Waals surface area contributed by atoms with E-state index in [9.17, 15) is 0 Å². The van der Waals surface area contributed by atoms with Crippen LogP contribution in [0.3, 0.4) is 0 Å². The highest BCUT2D eigenvalue weighted by atomic mass is 35.5. The summed E-state index contributed by atoms with van der Waals surface area (Å²) in [5.41, 5.74) is 12.2. The Morgan fingerprint density at radius 3 is 2.42 bits per heavy atom. The van der Waals surface area contributed by atoms with Gasteiger partial charge in [-0.25, -0.2) is 0 Å². The van der Waals surface area contributed by atoms with Crippen LogP contribution in [0.1, 0.15) is 0 Å². The number of rotatable bonds is 1. The zero-order chi connectivity index (χ0) is 8.27. The highest BCUT2D eigenvalue weighted by molar-refractivity contribution is 7.80. The molecule has 0 spiro atoms. The van der Waals surface area contributed by atoms with Gasteiger partial charge in [-0.15, -0.1) is 12.4 Å². The lowest BCUT2D eigenvalue weighted by Gasteiger charge is -2.05. The normalized spacial score (nSPS) is 8.33. The van der Waals surface area contributed by atoms with Crippen molar-refractivity contribution >= 4 is 41.1 Å². The van der Waals surface area contributed by atoms with Gasteiger partial charge < -0.3 is 16.8 Å². The molecule has 5 heteroatoms. The smallest absolute Gasteiger partial charge is 0.168 e. The molecule has 0 fully saturated rings. The maximum absolute atomic E-state index is 5.59. The van der Waals surface area contributed by atoms with E-state index in [4.69, 9.17) is 11.5 Å². The Balaban J connectivity index is 0.00000121. The summed E-state index contributed by atoms with van der Waals surface area (Å²) in [6.45, 7) is 0. The Kier molecular flexibility index (Phi) is 4.39. The van der Waals surface area contributed by atoms with Gasteiger partial charge in [0.2, 0.25) is 0 Å². The van der Waals surface area contributed by atoms with Crippen LogP contribution in [0.2, 0.25) is 0 Å². The Morgan fingerprint density at radius 1 is 1.33 bits per heavy atom. The Hall–Kier alpha value is -1.00. The first kappa shape index (κ1) is 11.0. The third kappa shape index (κ3) is 2.94. The summed E-state index contributed by atoms with van der Waals surface area (Å²) < 4.78 is 0. The zero-order valence-electron chi connectivity index (χ0n) is 6.28. The molecule has 0 heterocycles. The first-order valence-electron chi connectivity index (χ1n) is 3.11. The molecule has 0 atom stereocenters. The number of hydrogen-bond acceptors (Lipinski definition) is 2. The van der Waals surface area contributed by atoms with Crippen molar-refractivity contribution in [3.05, 3.63) is 24.3 Å². The third-order valence-corrected chi connectivity index (χ3v) is 1.32. The monoisotopic (exact) mass is 203 g/mol. The molecule has 1 aromatic carbocycles. The highest BCUT2D eigenvalue weighted by Crippen LogP contribution is 2.15. The van der Waals surface area contributed by atoms with Gasteiger partial charge in [0.15, 0.2) is 5.11 Å². The van der Waals surface area contributed by atoms with Gasteiger partial charge in [0.25, 0.3) is 0 Å². The van der Waals surface area contributed by atoms with Gasteiger partial charge in [-0.1, -0.05) is 12.1 Å². The van der Waals surface area contributed by atoms with E-state index in [1.165, 1.54) is 0 Å². The van der Waals surface area contributed by atoms with Gasteiger partial charge in [-0.3, -0.25) is 0 Å². The topological polar surface area (TPSA) is 64.1 Å². The predicted molar refractivity (Wildman–Crippen MR) is 58.5 cm³/mol. The van der Waals surface area contributed by atoms with Gasteiger partial charge >= 0.3 is 0 Å². The lowest BCUT2D eigenvalue weighted by atomic mass is 10.3. The van der Waals surface area contributed by atoms with Crippen molar-refractivity contribution in [2.75, 3.05) is 11.1 Å². The summed E-state index contributed by atoms with van der Waals surface area (Å²) in [6.07, 6.45) is 0. The number of thiocarbonyl (C=S) groups is 1. The maximum Gasteiger partial charge on any atom is 0.168 e. The van der Waals surface area contributed by atoms with E-state index in [0.29, 0.717) is 5.69 Å². The van der Waals surface area contributed by atoms with E-state index >= 15 is 0 Å². The fraction of sp³-hybridized carbons (Fsp3) is 0. The van der Waals surface area contributed by atoms with Crippen molar-refractivity contribution < 1.29 is 0 Å². The number of halogens is 1. The molecule has 1 rings (SSSR count). The second-order valence-corrected chi connectivity index (χ2v) is 2.52. The van der Waals surface area contributed by atoms with Crippen LogP contribution >= 0.6 is 24.6 Å². The minimum Gasteiger partial charge on any atom is -0.397 e. The average molecular weight is 204 g/mol. The second kappa shape index (κ2) is 4.79. The van der Waals surface area contributed by atoms with Crippen LogP contribution < -0.4 is 16.8 Å². The fourth-order valence-electron chi connectivity index (χ4n) is 0.744. The minimum absolute atomic E-state index is 0. The number of anilines is 2. The summed E-state index contributed by atoms with van der Waals surface area (Å²) >= 11 is 4.65. The second-order valence-electron chi connectivity index (χ2n) is 2.08. The van der Waals surface area contributed by atoms with Gasteiger partial charge in [0.1, 0.15) is 0 Å². The van der Waals surface area contributed by atoms with Crippen molar-refractivity contribution in [3.8, 4) is 0 Å². The molecule has 0 bridgehead atoms. The molecule has 0 aliphatic heterocycles. The Labute approximate surface area is 82.5 Å². The van der Waals surface area contributed by atoms with Gasteiger partial charge in [0.05, 0.1) is 11.4 Å². The number of nitrogens with two attached hydrogens (primary N) is 2. The molecule has 0 aliphatic rings. The third-order valence-electron chi connectivity index (χ3n) is 1.22. The maximum atomic E-state index is 5.59. The number of nitrogens with one attached hydrogen (secondary N) is 1. The molecule has 66 valence electrons. The Morgan fingerprint density at radius 2 is 1.92 bits per heavy atom. The zero-order valence-corrected chi connectivity index (χ0v) is 7.91. The first-order valence-corrected chi connectivity index (χ1v) is 3.52. The molecule has 0 saturated carbocycles. The van der Waals surface area contributed by atoms with Crippen LogP contribution in [0.4, 0.5) is 11.4 Å². The van der Waals surface area contributed by atoms with Crippen LogP contribution in [0.15, 0.2) is 24.3 Å². The van der Waals surface area contributed by atoms with Gasteiger partial charge in [0, 0.05) is 0 Å². The molecule has 0 saturated heterocycles. The van der Waals surface area contributed by atoms with Crippen molar-refractivity contribution in [2.45, 2.75) is 0 Å². The number of hydrogen-bond donors (Lipinski definition) is 3. The number of para-hydroxylation sites is 2. The molecule has 0 aliphatic carbocycles. The summed E-state index contributed by atoms with van der Waals surface area (Å²) in [4.78, 5) is 0. The summed E-state index contributed by atoms with van der Waals surface area (Å²) in [5.74, 6) is 0. The van der Waals surface area contributed by atoms with Crippen LogP contribution in [-0.4, -0.2) is 5.11 Å². The lowest BCUT2D eigenvalue weighted by molar-refractivity contribution is 1.60. The molecule has 5 N–H and O–H groups in total. The first-order chi connectivity index (χ1) is 5.20. The molecule has 0 amide bonds. The molecular weight excluding hydrogens is 194 g/mol. The van der Waals surface area contributed by atoms with Crippen LogP contribution in [0.25, 0.3) is 0 Å². The van der Waals surface area contributed by atoms with Crippen LogP contribution in [0, 0.1) is 0 Å². The standard InChI is InChI=1S/C7H9N3S.ClH/c8-5-3-1-2-4-6(5)10-7(9)11;/h1-4H,8H2,(H3,9,10,11);1H. The predicted octanol–water partition coefficient (Wildman–Crippen LogP) is 1.35. The SMILES string of the molecule is Cl.NC(=S)Nc1ccccc1N. The molecule has 3 nitrogen and oxygen atoms in total. The molecule has 12 heavy (non-hydrogen) atoms. The van der Waals surface area contributed by atoms with Gasteiger partial charge in [-0.2, -0.15) is 0 Å². The van der Waals surface area contributed by atoms with E-state index in [2.05, 4.69) is 17.5 Å². The minimum atomic E-state index is 0. The van der Waals surface area contributed by atoms with E-state index in [1.807, 2.05) is 18.2 Å². The number of benzene rings is 1. The summed E-state index contributed by atoms with van der Waals surface area (Å²) in [7, 11) is 0. The molecule has 1 aromatic rings. The van der Waals surface area contributed by atoms with Crippen molar-refractivity contribution in [1.29, 1.82) is 0 Å². The highest BCUT2D eigenvalue weighted by Gasteiger charge is 1.95. The lowest BCUT2D eigenvalue weighted by Crippen LogP contribution is -2.19. The molecule has 0 aromatic heterocycles. The van der Waals surface area contributed by atoms with E-state index < -0.39 is 0 Å². The molecule has 0 unspecified atom stereocenters. The molecule has 0 radical (unpaired) electrons. The number of nitrogen functional groups attached to an aromatic ring is 1. The van der Waals surface area contributed by atoms with E-state index in [-0.39, 0.29) is 17.5 Å². The van der Waals surface area contributed by atoms with E-state index in [1.54, 1.807) is 6.07 Å². The van der Waals surface area contributed by atoms with Crippen molar-refractivity contribution in [2.24, 2.45) is 5.73 Å². The summed E-state index contributed by atoms with van der Waals surface area (Å²) in [6, 6.07) is 7.30. The summed E-state index contributed by atoms with van der Waals surface area (Å²) in [5, 5.41) is 2.98. The van der Waals surface area contributed by atoms with Crippen molar-refractivity contribution in [3.63, 3.8) is 0 Å².